The van der Waals surface area contributed by atoms with Gasteiger partial charge in [0.1, 0.15) is 6.04 Å². The Kier molecular flexibility index (Phi) is 12.6. The third-order valence-corrected chi connectivity index (χ3v) is 3.39. The summed E-state index contributed by atoms with van der Waals surface area (Å²) in [6, 6.07) is -0.895. The van der Waals surface area contributed by atoms with Crippen molar-refractivity contribution < 1.29 is 9.59 Å². The molecule has 0 radical (unpaired) electrons. The van der Waals surface area contributed by atoms with Crippen LogP contribution >= 0.6 is 12.8 Å². The first-order valence-corrected chi connectivity index (χ1v) is 7.87. The van der Waals surface area contributed by atoms with Crippen LogP contribution in [-0.2, 0) is 9.59 Å². The van der Waals surface area contributed by atoms with E-state index in [1.807, 2.05) is 0 Å². The summed E-state index contributed by atoms with van der Waals surface area (Å²) in [6.45, 7) is 2.67. The fourth-order valence-electron chi connectivity index (χ4n) is 1.98. The highest BCUT2D eigenvalue weighted by atomic mass is 32.1. The summed E-state index contributed by atoms with van der Waals surface area (Å²) in [5.41, 5.74) is 13.7. The molecule has 0 aliphatic carbocycles. The predicted molar refractivity (Wildman–Crippen MR) is 87.5 cm³/mol. The van der Waals surface area contributed by atoms with Gasteiger partial charge in [0, 0.05) is 0 Å². The number of hydrogen-bond donors (Lipinski definition) is 6. The lowest BCUT2D eigenvalue weighted by atomic mass is 10.0. The average Bonchev–Trinajstić information content (AvgIpc) is 2.45. The van der Waals surface area contributed by atoms with Crippen molar-refractivity contribution in [1.29, 1.82) is 0 Å². The summed E-state index contributed by atoms with van der Waals surface area (Å²) in [7, 11) is 0. The van der Waals surface area contributed by atoms with Crippen LogP contribution in [0.3, 0.4) is 0 Å². The number of thiol groups is 1. The number of rotatable bonds is 13. The largest absolute Gasteiger partial charge is 0.345 e. The van der Waals surface area contributed by atoms with Gasteiger partial charge in [0.2, 0.25) is 5.91 Å². The molecular weight excluding hydrogens is 290 g/mol. The number of nitrogens with two attached hydrogens (primary N) is 2. The van der Waals surface area contributed by atoms with Gasteiger partial charge in [-0.3, -0.25) is 9.59 Å². The zero-order chi connectivity index (χ0) is 16.1. The lowest BCUT2D eigenvalue weighted by Gasteiger charge is -2.21. The molecule has 0 rings (SSSR count). The minimum Gasteiger partial charge on any atom is -0.345 e. The van der Waals surface area contributed by atoms with Gasteiger partial charge >= 0.3 is 0 Å². The minimum absolute atomic E-state index is 0.0417. The van der Waals surface area contributed by atoms with Gasteiger partial charge in [-0.05, 0) is 52.1 Å². The van der Waals surface area contributed by atoms with Crippen LogP contribution in [0.15, 0.2) is 0 Å². The van der Waals surface area contributed by atoms with Gasteiger partial charge in [-0.1, -0.05) is 19.2 Å². The van der Waals surface area contributed by atoms with Crippen molar-refractivity contribution in [3.8, 4) is 0 Å². The Balaban J connectivity index is 4.40. The normalized spacial score (nSPS) is 13.7. The number of amides is 1. The molecular formula is C13H29N5O2S. The molecule has 0 spiro atoms. The topological polar surface area (TPSA) is 122 Å². The number of Topliss-reactive ketones (excluding diaryl/α,β-unsaturated/α-hetero) is 1. The van der Waals surface area contributed by atoms with E-state index in [2.05, 4.69) is 28.4 Å². The van der Waals surface area contributed by atoms with Gasteiger partial charge in [-0.15, -0.1) is 0 Å². The Hall–Kier alpha value is -0.670. The third kappa shape index (κ3) is 9.81. The second-order valence-corrected chi connectivity index (χ2v) is 5.27. The second kappa shape index (κ2) is 13.0. The predicted octanol–water partition coefficient (Wildman–Crippen LogP) is -0.374. The number of carbonyl (C=O) groups excluding carboxylic acids is 2. The maximum atomic E-state index is 12.2. The molecule has 1 amide bonds. The van der Waals surface area contributed by atoms with Crippen molar-refractivity contribution in [1.82, 2.24) is 15.6 Å². The highest BCUT2D eigenvalue weighted by molar-refractivity contribution is 7.78. The van der Waals surface area contributed by atoms with Crippen LogP contribution in [0.1, 0.15) is 45.4 Å². The Labute approximate surface area is 132 Å². The van der Waals surface area contributed by atoms with Crippen LogP contribution in [0.25, 0.3) is 0 Å². The maximum absolute atomic E-state index is 12.2. The first-order valence-electron chi connectivity index (χ1n) is 7.42. The van der Waals surface area contributed by atoms with E-state index in [0.29, 0.717) is 25.9 Å². The van der Waals surface area contributed by atoms with Crippen molar-refractivity contribution >= 4 is 24.5 Å². The molecule has 0 saturated carbocycles. The van der Waals surface area contributed by atoms with E-state index in [0.717, 1.165) is 25.7 Å². The molecule has 0 aromatic heterocycles. The molecule has 124 valence electrons. The Morgan fingerprint density at radius 3 is 1.95 bits per heavy atom. The highest BCUT2D eigenvalue weighted by Gasteiger charge is 2.22. The fraction of sp³-hybridized carbons (Fsp3) is 0.846. The van der Waals surface area contributed by atoms with Gasteiger partial charge in [-0.25, -0.2) is 10.3 Å². The molecule has 7 nitrogen and oxygen atoms in total. The molecule has 7 N–H and O–H groups in total. The van der Waals surface area contributed by atoms with E-state index in [-0.39, 0.29) is 11.7 Å². The van der Waals surface area contributed by atoms with Crippen molar-refractivity contribution in [2.45, 2.75) is 57.5 Å². The molecule has 2 atom stereocenters. The summed E-state index contributed by atoms with van der Waals surface area (Å²) in [5.74, 6) is -0.249. The van der Waals surface area contributed by atoms with Crippen molar-refractivity contribution in [2.75, 3.05) is 13.1 Å². The smallest absolute Gasteiger partial charge is 0.239 e. The zero-order valence-corrected chi connectivity index (χ0v) is 13.6. The molecule has 0 aromatic carbocycles. The zero-order valence-electron chi connectivity index (χ0n) is 12.7. The van der Waals surface area contributed by atoms with Crippen molar-refractivity contribution in [3.05, 3.63) is 0 Å². The average molecular weight is 319 g/mol. The van der Waals surface area contributed by atoms with E-state index in [1.54, 1.807) is 0 Å². The second-order valence-electron chi connectivity index (χ2n) is 5.05. The molecule has 0 fully saturated rings. The van der Waals surface area contributed by atoms with Crippen molar-refractivity contribution in [3.63, 3.8) is 0 Å². The number of ketones is 1. The maximum Gasteiger partial charge on any atom is 0.239 e. The van der Waals surface area contributed by atoms with Gasteiger partial charge in [0.15, 0.2) is 5.78 Å². The highest BCUT2D eigenvalue weighted by Crippen LogP contribution is 2.05. The van der Waals surface area contributed by atoms with Gasteiger partial charge in [0.25, 0.3) is 0 Å². The first-order chi connectivity index (χ1) is 10.1. The molecule has 0 unspecified atom stereocenters. The van der Waals surface area contributed by atoms with Crippen LogP contribution in [0.5, 0.6) is 0 Å². The van der Waals surface area contributed by atoms with Gasteiger partial charge in [-0.2, -0.15) is 0 Å². The number of nitrogens with one attached hydrogen (secondary N) is 3. The Morgan fingerprint density at radius 2 is 1.52 bits per heavy atom. The summed E-state index contributed by atoms with van der Waals surface area (Å²) in [5, 5.41) is 2.79. The van der Waals surface area contributed by atoms with Crippen LogP contribution in [0.4, 0.5) is 0 Å². The van der Waals surface area contributed by atoms with Crippen LogP contribution in [-0.4, -0.2) is 36.9 Å². The Bertz CT molecular complexity index is 304. The number of hydrogen-bond acceptors (Lipinski definition) is 7. The lowest BCUT2D eigenvalue weighted by Crippen LogP contribution is -2.51. The molecule has 0 saturated heterocycles. The van der Waals surface area contributed by atoms with E-state index in [4.69, 9.17) is 11.5 Å². The van der Waals surface area contributed by atoms with Gasteiger partial charge in [0.05, 0.1) is 6.04 Å². The molecule has 0 bridgehead atoms. The first kappa shape index (κ1) is 20.3. The van der Waals surface area contributed by atoms with Crippen LogP contribution in [0.2, 0.25) is 0 Å². The van der Waals surface area contributed by atoms with Crippen LogP contribution in [0, 0.1) is 0 Å². The van der Waals surface area contributed by atoms with Gasteiger partial charge < -0.3 is 16.8 Å². The van der Waals surface area contributed by atoms with E-state index >= 15 is 0 Å². The number of unbranched alkanes of at least 4 members (excludes halogenated alkanes) is 2. The molecule has 8 heteroatoms. The Morgan fingerprint density at radius 1 is 1.00 bits per heavy atom. The summed E-state index contributed by atoms with van der Waals surface area (Å²) in [4.78, 5) is 26.3. The van der Waals surface area contributed by atoms with E-state index in [9.17, 15) is 9.59 Å². The lowest BCUT2D eigenvalue weighted by molar-refractivity contribution is -0.128. The number of carbonyl (C=O) groups is 2. The SMILES string of the molecule is CC(=O)[C@@H](CCCCN)NC(=O)[C@H](CCCCN)NNS. The summed E-state index contributed by atoms with van der Waals surface area (Å²) >= 11 is 3.85. The molecule has 0 aromatic rings. The summed E-state index contributed by atoms with van der Waals surface area (Å²) < 4.78 is 0. The number of hydrazine groups is 1. The fourth-order valence-corrected chi connectivity index (χ4v) is 2.14. The molecule has 21 heavy (non-hydrogen) atoms. The standard InChI is InChI=1S/C13H29N5O2S/c1-10(19)11(6-2-4-8-14)16-13(20)12(17-18-21)7-3-5-9-15/h11-12,17-18,21H,2-9,14-15H2,1H3,(H,16,20)/t11-,12+/m1/s1. The molecule has 0 aliphatic heterocycles. The minimum atomic E-state index is -0.456. The quantitative estimate of drug-likeness (QED) is 0.156. The monoisotopic (exact) mass is 319 g/mol. The van der Waals surface area contributed by atoms with E-state index in [1.165, 1.54) is 6.92 Å². The summed E-state index contributed by atoms with van der Waals surface area (Å²) in [6.07, 6.45) is 4.58. The van der Waals surface area contributed by atoms with Crippen LogP contribution < -0.4 is 27.0 Å². The third-order valence-electron chi connectivity index (χ3n) is 3.26. The molecule has 0 heterocycles. The van der Waals surface area contributed by atoms with Crippen molar-refractivity contribution in [2.24, 2.45) is 11.5 Å². The molecule has 0 aliphatic rings. The van der Waals surface area contributed by atoms with E-state index < -0.39 is 12.1 Å².